The van der Waals surface area contributed by atoms with E-state index in [0.717, 1.165) is 24.9 Å². The number of nitrogens with zero attached hydrogens (tertiary/aromatic N) is 1. The van der Waals surface area contributed by atoms with Gasteiger partial charge in [0, 0.05) is 24.2 Å². The Bertz CT molecular complexity index is 439. The molecule has 1 amide bonds. The predicted octanol–water partition coefficient (Wildman–Crippen LogP) is 1.81. The molecule has 2 N–H and O–H groups in total. The maximum atomic E-state index is 12.0. The molecule has 5 heteroatoms. The highest BCUT2D eigenvalue weighted by atomic mass is 35.5. The summed E-state index contributed by atoms with van der Waals surface area (Å²) in [5.74, 6) is 0.0139. The Balaban J connectivity index is 1.80. The Morgan fingerprint density at radius 1 is 1.47 bits per heavy atom. The molecule has 19 heavy (non-hydrogen) atoms. The first kappa shape index (κ1) is 14.3. The molecule has 1 aliphatic heterocycles. The Hall–Kier alpha value is -1.10. The van der Waals surface area contributed by atoms with Crippen LogP contribution in [0.1, 0.15) is 18.4 Å². The first-order chi connectivity index (χ1) is 9.22. The van der Waals surface area contributed by atoms with Gasteiger partial charge in [0.25, 0.3) is 0 Å². The van der Waals surface area contributed by atoms with Gasteiger partial charge in [-0.2, -0.15) is 0 Å². The maximum absolute atomic E-state index is 12.0. The molecule has 1 fully saturated rings. The van der Waals surface area contributed by atoms with Gasteiger partial charge in [-0.1, -0.05) is 29.8 Å². The molecule has 1 atom stereocenters. The lowest BCUT2D eigenvalue weighted by Gasteiger charge is -2.23. The van der Waals surface area contributed by atoms with Gasteiger partial charge in [0.2, 0.25) is 5.91 Å². The van der Waals surface area contributed by atoms with Crippen LogP contribution in [0.25, 0.3) is 0 Å². The van der Waals surface area contributed by atoms with Gasteiger partial charge in [0.1, 0.15) is 6.61 Å². The number of carbonyl (C=O) groups excluding carboxylic acids is 1. The molecule has 0 aliphatic carbocycles. The number of nitrogens with two attached hydrogens (primary N) is 1. The first-order valence-electron chi connectivity index (χ1n) is 6.53. The van der Waals surface area contributed by atoms with Crippen LogP contribution in [0, 0.1) is 0 Å². The third-order valence-corrected chi connectivity index (χ3v) is 3.78. The van der Waals surface area contributed by atoms with Crippen molar-refractivity contribution in [1.29, 1.82) is 0 Å². The minimum atomic E-state index is 0.0139. The minimum Gasteiger partial charge on any atom is -0.367 e. The summed E-state index contributed by atoms with van der Waals surface area (Å²) in [6.45, 7) is 1.75. The van der Waals surface area contributed by atoms with Crippen molar-refractivity contribution in [2.24, 2.45) is 5.73 Å². The fourth-order valence-corrected chi connectivity index (χ4v) is 2.55. The van der Waals surface area contributed by atoms with Crippen molar-refractivity contribution >= 4 is 17.5 Å². The summed E-state index contributed by atoms with van der Waals surface area (Å²) in [7, 11) is 0. The van der Waals surface area contributed by atoms with Gasteiger partial charge >= 0.3 is 0 Å². The fourth-order valence-electron chi connectivity index (χ4n) is 2.36. The summed E-state index contributed by atoms with van der Waals surface area (Å²) in [6, 6.07) is 7.65. The highest BCUT2D eigenvalue weighted by molar-refractivity contribution is 6.31. The Kier molecular flexibility index (Phi) is 5.19. The van der Waals surface area contributed by atoms with Crippen LogP contribution in [0.5, 0.6) is 0 Å². The molecule has 1 heterocycles. The number of hydrogen-bond acceptors (Lipinski definition) is 3. The average molecular weight is 283 g/mol. The molecule has 0 unspecified atom stereocenters. The molecule has 0 radical (unpaired) electrons. The topological polar surface area (TPSA) is 55.6 Å². The van der Waals surface area contributed by atoms with E-state index in [1.165, 1.54) is 0 Å². The second-order valence-corrected chi connectivity index (χ2v) is 5.11. The summed E-state index contributed by atoms with van der Waals surface area (Å²) in [4.78, 5) is 13.8. The normalized spacial score (nSPS) is 18.8. The Morgan fingerprint density at radius 2 is 2.26 bits per heavy atom. The van der Waals surface area contributed by atoms with Crippen molar-refractivity contribution in [3.8, 4) is 0 Å². The lowest BCUT2D eigenvalue weighted by atomic mass is 10.2. The van der Waals surface area contributed by atoms with E-state index >= 15 is 0 Å². The van der Waals surface area contributed by atoms with Crippen molar-refractivity contribution in [2.75, 3.05) is 19.7 Å². The van der Waals surface area contributed by atoms with Crippen LogP contribution in [-0.2, 0) is 16.1 Å². The van der Waals surface area contributed by atoms with Gasteiger partial charge in [-0.05, 0) is 24.5 Å². The van der Waals surface area contributed by atoms with E-state index in [-0.39, 0.29) is 18.6 Å². The summed E-state index contributed by atoms with van der Waals surface area (Å²) < 4.78 is 5.45. The van der Waals surface area contributed by atoms with Gasteiger partial charge in [-0.3, -0.25) is 4.79 Å². The second-order valence-electron chi connectivity index (χ2n) is 4.70. The monoisotopic (exact) mass is 282 g/mol. The SMILES string of the molecule is NC[C@@H]1CCCN1C(=O)COCc1ccccc1Cl. The van der Waals surface area contributed by atoms with Gasteiger partial charge in [0.15, 0.2) is 0 Å². The summed E-state index contributed by atoms with van der Waals surface area (Å²) in [6.07, 6.45) is 2.02. The molecule has 0 saturated carbocycles. The van der Waals surface area contributed by atoms with Gasteiger partial charge in [0.05, 0.1) is 6.61 Å². The third-order valence-electron chi connectivity index (χ3n) is 3.41. The van der Waals surface area contributed by atoms with E-state index in [0.29, 0.717) is 18.2 Å². The molecule has 0 spiro atoms. The summed E-state index contributed by atoms with van der Waals surface area (Å²) in [5, 5.41) is 0.663. The van der Waals surface area contributed by atoms with Crippen molar-refractivity contribution in [3.05, 3.63) is 34.9 Å². The van der Waals surface area contributed by atoms with E-state index in [1.54, 1.807) is 0 Å². The van der Waals surface area contributed by atoms with Gasteiger partial charge in [-0.15, -0.1) is 0 Å². The zero-order valence-corrected chi connectivity index (χ0v) is 11.6. The Morgan fingerprint density at radius 3 is 3.00 bits per heavy atom. The average Bonchev–Trinajstić information content (AvgIpc) is 2.89. The zero-order valence-electron chi connectivity index (χ0n) is 10.8. The minimum absolute atomic E-state index is 0.0139. The smallest absolute Gasteiger partial charge is 0.248 e. The highest BCUT2D eigenvalue weighted by Crippen LogP contribution is 2.18. The Labute approximate surface area is 118 Å². The lowest BCUT2D eigenvalue weighted by molar-refractivity contribution is -0.137. The quantitative estimate of drug-likeness (QED) is 0.896. The number of rotatable bonds is 5. The van der Waals surface area contributed by atoms with Crippen LogP contribution >= 0.6 is 11.6 Å². The number of hydrogen-bond donors (Lipinski definition) is 1. The van der Waals surface area contributed by atoms with Gasteiger partial charge < -0.3 is 15.4 Å². The largest absolute Gasteiger partial charge is 0.367 e. The van der Waals surface area contributed by atoms with E-state index in [9.17, 15) is 4.79 Å². The number of halogens is 1. The highest BCUT2D eigenvalue weighted by Gasteiger charge is 2.27. The van der Waals surface area contributed by atoms with Crippen molar-refractivity contribution in [3.63, 3.8) is 0 Å². The van der Waals surface area contributed by atoms with Gasteiger partial charge in [-0.25, -0.2) is 0 Å². The molecule has 0 aromatic heterocycles. The van der Waals surface area contributed by atoms with Crippen LogP contribution in [0.3, 0.4) is 0 Å². The lowest BCUT2D eigenvalue weighted by Crippen LogP contribution is -2.41. The fraction of sp³-hybridized carbons (Fsp3) is 0.500. The molecule has 4 nitrogen and oxygen atoms in total. The third kappa shape index (κ3) is 3.69. The van der Waals surface area contributed by atoms with E-state index in [2.05, 4.69) is 0 Å². The molecule has 1 saturated heterocycles. The zero-order chi connectivity index (χ0) is 13.7. The summed E-state index contributed by atoms with van der Waals surface area (Å²) in [5.41, 5.74) is 6.55. The van der Waals surface area contributed by atoms with E-state index in [4.69, 9.17) is 22.1 Å². The number of likely N-dealkylation sites (tertiary alicyclic amines) is 1. The molecular formula is C14H19ClN2O2. The maximum Gasteiger partial charge on any atom is 0.248 e. The summed E-state index contributed by atoms with van der Waals surface area (Å²) >= 11 is 6.02. The molecule has 1 aromatic rings. The number of ether oxygens (including phenoxy) is 1. The number of benzene rings is 1. The first-order valence-corrected chi connectivity index (χ1v) is 6.91. The van der Waals surface area contributed by atoms with E-state index < -0.39 is 0 Å². The molecule has 104 valence electrons. The van der Waals surface area contributed by atoms with Crippen molar-refractivity contribution in [1.82, 2.24) is 4.90 Å². The second kappa shape index (κ2) is 6.89. The predicted molar refractivity (Wildman–Crippen MR) is 74.9 cm³/mol. The molecule has 1 aromatic carbocycles. The number of carbonyl (C=O) groups is 1. The molecule has 1 aliphatic rings. The van der Waals surface area contributed by atoms with Crippen LogP contribution in [0.15, 0.2) is 24.3 Å². The van der Waals surface area contributed by atoms with Crippen LogP contribution in [0.2, 0.25) is 5.02 Å². The van der Waals surface area contributed by atoms with Crippen molar-refractivity contribution in [2.45, 2.75) is 25.5 Å². The van der Waals surface area contributed by atoms with E-state index in [1.807, 2.05) is 29.2 Å². The van der Waals surface area contributed by atoms with Crippen LogP contribution in [-0.4, -0.2) is 36.5 Å². The molecular weight excluding hydrogens is 264 g/mol. The number of amides is 1. The molecule has 2 rings (SSSR count). The molecule has 0 bridgehead atoms. The van der Waals surface area contributed by atoms with Crippen LogP contribution in [0.4, 0.5) is 0 Å². The van der Waals surface area contributed by atoms with Crippen molar-refractivity contribution < 1.29 is 9.53 Å². The standard InChI is InChI=1S/C14H19ClN2O2/c15-13-6-2-1-4-11(13)9-19-10-14(18)17-7-3-5-12(17)8-16/h1-2,4,6,12H,3,5,7-10,16H2/t12-/m0/s1. The van der Waals surface area contributed by atoms with Crippen LogP contribution < -0.4 is 5.73 Å².